The molecule has 0 aromatic heterocycles. The van der Waals surface area contributed by atoms with Crippen LogP contribution >= 0.6 is 0 Å². The Morgan fingerprint density at radius 2 is 2.24 bits per heavy atom. The normalized spacial score (nSPS) is 31.0. The predicted molar refractivity (Wildman–Crippen MR) is 82.1 cm³/mol. The van der Waals surface area contributed by atoms with Gasteiger partial charge in [-0.15, -0.1) is 0 Å². The number of aliphatic hydroxyl groups is 1. The molecule has 1 saturated heterocycles. The van der Waals surface area contributed by atoms with Gasteiger partial charge in [0.1, 0.15) is 0 Å². The highest BCUT2D eigenvalue weighted by atomic mass is 16.5. The highest BCUT2D eigenvalue weighted by Gasteiger charge is 2.50. The number of nitrogens with zero attached hydrogens (tertiary/aromatic N) is 1. The van der Waals surface area contributed by atoms with Gasteiger partial charge >= 0.3 is 6.03 Å². The summed E-state index contributed by atoms with van der Waals surface area (Å²) in [7, 11) is 0. The fraction of sp³-hybridized carbons (Fsp3) is 0.938. The summed E-state index contributed by atoms with van der Waals surface area (Å²) in [4.78, 5) is 14.1. The summed E-state index contributed by atoms with van der Waals surface area (Å²) in [6.45, 7) is 8.90. The van der Waals surface area contributed by atoms with Crippen molar-refractivity contribution >= 4 is 6.03 Å². The van der Waals surface area contributed by atoms with Crippen LogP contribution in [-0.2, 0) is 4.74 Å². The zero-order valence-electron chi connectivity index (χ0n) is 13.6. The van der Waals surface area contributed by atoms with Gasteiger partial charge in [-0.2, -0.15) is 0 Å². The number of carbonyl (C=O) groups excluding carboxylic acids is 1. The van der Waals surface area contributed by atoms with Crippen LogP contribution in [0.4, 0.5) is 4.79 Å². The van der Waals surface area contributed by atoms with Crippen molar-refractivity contribution in [3.63, 3.8) is 0 Å². The van der Waals surface area contributed by atoms with E-state index < -0.39 is 0 Å². The Morgan fingerprint density at radius 3 is 2.81 bits per heavy atom. The lowest BCUT2D eigenvalue weighted by Gasteiger charge is -2.51. The van der Waals surface area contributed by atoms with Gasteiger partial charge in [-0.05, 0) is 19.3 Å². The van der Waals surface area contributed by atoms with Gasteiger partial charge in [0.05, 0.1) is 6.10 Å². The molecule has 0 aromatic carbocycles. The lowest BCUT2D eigenvalue weighted by atomic mass is 9.64. The number of likely N-dealkylation sites (tertiary alicyclic amines) is 1. The van der Waals surface area contributed by atoms with E-state index in [0.29, 0.717) is 6.54 Å². The zero-order chi connectivity index (χ0) is 15.5. The monoisotopic (exact) mass is 298 g/mol. The van der Waals surface area contributed by atoms with E-state index in [-0.39, 0.29) is 36.1 Å². The molecule has 5 nitrogen and oxygen atoms in total. The number of unbranched alkanes of at least 4 members (excludes halogenated alkanes) is 1. The number of hydrogen-bond donors (Lipinski definition) is 2. The molecule has 5 heteroatoms. The average molecular weight is 298 g/mol. The largest absolute Gasteiger partial charge is 0.396 e. The van der Waals surface area contributed by atoms with Crippen molar-refractivity contribution in [1.82, 2.24) is 10.2 Å². The van der Waals surface area contributed by atoms with Crippen LogP contribution in [0, 0.1) is 11.3 Å². The van der Waals surface area contributed by atoms with Crippen LogP contribution in [0.25, 0.3) is 0 Å². The predicted octanol–water partition coefficient (Wildman–Crippen LogP) is 1.99. The van der Waals surface area contributed by atoms with Crippen molar-refractivity contribution in [2.45, 2.75) is 58.6 Å². The molecule has 21 heavy (non-hydrogen) atoms. The van der Waals surface area contributed by atoms with Gasteiger partial charge in [-0.25, -0.2) is 4.79 Å². The summed E-state index contributed by atoms with van der Waals surface area (Å²) in [5.41, 5.74) is -0.000490. The first-order valence-corrected chi connectivity index (χ1v) is 8.27. The van der Waals surface area contributed by atoms with Gasteiger partial charge in [0.25, 0.3) is 0 Å². The molecule has 0 spiro atoms. The van der Waals surface area contributed by atoms with Crippen molar-refractivity contribution in [2.24, 2.45) is 11.3 Å². The highest BCUT2D eigenvalue weighted by Crippen LogP contribution is 2.43. The molecule has 3 atom stereocenters. The lowest BCUT2D eigenvalue weighted by Crippen LogP contribution is -2.63. The standard InChI is InChI=1S/C16H30N2O3/c1-4-5-8-21-14-9-13(16(14,2)3)17-15(20)18-7-6-12(10-18)11-19/h12-14,19H,4-11H2,1-3H3,(H,17,20). The summed E-state index contributed by atoms with van der Waals surface area (Å²) in [6.07, 6.45) is 4.30. The Labute approximate surface area is 128 Å². The molecule has 2 amide bonds. The number of rotatable bonds is 6. The quantitative estimate of drug-likeness (QED) is 0.737. The first kappa shape index (κ1) is 16.6. The molecule has 1 aliphatic heterocycles. The SMILES string of the molecule is CCCCOC1CC(NC(=O)N2CCC(CO)C2)C1(C)C. The molecule has 122 valence electrons. The Hall–Kier alpha value is -0.810. The molecule has 0 aromatic rings. The number of nitrogens with one attached hydrogen (secondary N) is 1. The van der Waals surface area contributed by atoms with Gasteiger partial charge < -0.3 is 20.1 Å². The van der Waals surface area contributed by atoms with E-state index in [0.717, 1.165) is 38.8 Å². The third-order valence-corrected chi connectivity index (χ3v) is 5.12. The average Bonchev–Trinajstić information content (AvgIpc) is 2.94. The zero-order valence-corrected chi connectivity index (χ0v) is 13.6. The molecule has 2 fully saturated rings. The van der Waals surface area contributed by atoms with Gasteiger partial charge in [0, 0.05) is 43.7 Å². The van der Waals surface area contributed by atoms with Crippen molar-refractivity contribution < 1.29 is 14.6 Å². The van der Waals surface area contributed by atoms with Gasteiger partial charge in [0.2, 0.25) is 0 Å². The van der Waals surface area contributed by atoms with Crippen LogP contribution in [-0.4, -0.2) is 54.5 Å². The minimum absolute atomic E-state index is 0.000490. The number of aliphatic hydroxyl groups excluding tert-OH is 1. The molecule has 1 saturated carbocycles. The summed E-state index contributed by atoms with van der Waals surface area (Å²) in [5, 5.41) is 12.3. The topological polar surface area (TPSA) is 61.8 Å². The second-order valence-electron chi connectivity index (χ2n) is 7.06. The van der Waals surface area contributed by atoms with Crippen LogP contribution in [0.3, 0.4) is 0 Å². The van der Waals surface area contributed by atoms with E-state index in [1.165, 1.54) is 0 Å². The number of carbonyl (C=O) groups is 1. The number of ether oxygens (including phenoxy) is 1. The maximum atomic E-state index is 12.3. The Morgan fingerprint density at radius 1 is 1.48 bits per heavy atom. The Kier molecular flexibility index (Phi) is 5.49. The molecule has 2 rings (SSSR count). The molecule has 2 N–H and O–H groups in total. The molecule has 0 radical (unpaired) electrons. The number of hydrogen-bond acceptors (Lipinski definition) is 3. The first-order chi connectivity index (χ1) is 9.98. The second-order valence-corrected chi connectivity index (χ2v) is 7.06. The van der Waals surface area contributed by atoms with Crippen molar-refractivity contribution in [1.29, 1.82) is 0 Å². The number of urea groups is 1. The third kappa shape index (κ3) is 3.69. The van der Waals surface area contributed by atoms with Crippen molar-refractivity contribution in [3.8, 4) is 0 Å². The van der Waals surface area contributed by atoms with Crippen LogP contribution < -0.4 is 5.32 Å². The maximum absolute atomic E-state index is 12.3. The Bertz CT molecular complexity index is 359. The van der Waals surface area contributed by atoms with Gasteiger partial charge in [-0.1, -0.05) is 27.2 Å². The maximum Gasteiger partial charge on any atom is 0.317 e. The third-order valence-electron chi connectivity index (χ3n) is 5.12. The summed E-state index contributed by atoms with van der Waals surface area (Å²) >= 11 is 0. The smallest absolute Gasteiger partial charge is 0.317 e. The van der Waals surface area contributed by atoms with Crippen LogP contribution in [0.5, 0.6) is 0 Å². The van der Waals surface area contributed by atoms with Crippen LogP contribution in [0.2, 0.25) is 0 Å². The minimum Gasteiger partial charge on any atom is -0.396 e. The molecule has 2 aliphatic rings. The van der Waals surface area contributed by atoms with Crippen molar-refractivity contribution in [3.05, 3.63) is 0 Å². The molecular weight excluding hydrogens is 268 g/mol. The van der Waals surface area contributed by atoms with Crippen molar-refractivity contribution in [2.75, 3.05) is 26.3 Å². The van der Waals surface area contributed by atoms with E-state index >= 15 is 0 Å². The lowest BCUT2D eigenvalue weighted by molar-refractivity contribution is -0.115. The fourth-order valence-corrected chi connectivity index (χ4v) is 3.19. The molecule has 1 heterocycles. The van der Waals surface area contributed by atoms with E-state index in [2.05, 4.69) is 26.1 Å². The van der Waals surface area contributed by atoms with Gasteiger partial charge in [-0.3, -0.25) is 0 Å². The molecule has 1 aliphatic carbocycles. The first-order valence-electron chi connectivity index (χ1n) is 8.27. The van der Waals surface area contributed by atoms with Crippen LogP contribution in [0.1, 0.15) is 46.5 Å². The molecule has 0 bridgehead atoms. The van der Waals surface area contributed by atoms with Crippen LogP contribution in [0.15, 0.2) is 0 Å². The second kappa shape index (κ2) is 6.97. The molecular formula is C16H30N2O3. The van der Waals surface area contributed by atoms with E-state index in [1.54, 1.807) is 0 Å². The summed E-state index contributed by atoms with van der Waals surface area (Å²) in [5.74, 6) is 0.246. The van der Waals surface area contributed by atoms with E-state index in [9.17, 15) is 4.79 Å². The van der Waals surface area contributed by atoms with E-state index in [1.807, 2.05) is 4.90 Å². The number of amides is 2. The fourth-order valence-electron chi connectivity index (χ4n) is 3.19. The highest BCUT2D eigenvalue weighted by molar-refractivity contribution is 5.75. The minimum atomic E-state index is -0.000490. The molecule has 3 unspecified atom stereocenters. The van der Waals surface area contributed by atoms with Gasteiger partial charge in [0.15, 0.2) is 0 Å². The summed E-state index contributed by atoms with van der Waals surface area (Å²) in [6, 6.07) is 0.195. The summed E-state index contributed by atoms with van der Waals surface area (Å²) < 4.78 is 5.91. The van der Waals surface area contributed by atoms with E-state index in [4.69, 9.17) is 9.84 Å². The Balaban J connectivity index is 1.75.